The van der Waals surface area contributed by atoms with Gasteiger partial charge < -0.3 is 20.0 Å². The Morgan fingerprint density at radius 3 is 2.55 bits per heavy atom. The van der Waals surface area contributed by atoms with Crippen molar-refractivity contribution in [2.45, 2.75) is 77.0 Å². The minimum atomic E-state index is -0.694. The highest BCUT2D eigenvalue weighted by Crippen LogP contribution is 2.38. The molecule has 4 heterocycles. The molecule has 3 aliphatic rings. The van der Waals surface area contributed by atoms with Crippen molar-refractivity contribution in [1.82, 2.24) is 20.4 Å². The summed E-state index contributed by atoms with van der Waals surface area (Å²) in [5.74, 6) is 1.27. The zero-order valence-corrected chi connectivity index (χ0v) is 24.7. The van der Waals surface area contributed by atoms with Crippen molar-refractivity contribution in [3.63, 3.8) is 0 Å². The van der Waals surface area contributed by atoms with Gasteiger partial charge in [-0.2, -0.15) is 0 Å². The number of para-hydroxylation sites is 1. The third-order valence-electron chi connectivity index (χ3n) is 9.38. The van der Waals surface area contributed by atoms with Crippen molar-refractivity contribution >= 4 is 28.7 Å². The predicted octanol–water partition coefficient (Wildman–Crippen LogP) is 4.06. The van der Waals surface area contributed by atoms with Crippen molar-refractivity contribution in [1.29, 1.82) is 0 Å². The summed E-state index contributed by atoms with van der Waals surface area (Å²) in [5.41, 5.74) is 3.21. The van der Waals surface area contributed by atoms with Crippen molar-refractivity contribution in [3.8, 4) is 0 Å². The fraction of sp³-hybridized carbons (Fsp3) is 0.500. The number of piperidine rings is 2. The van der Waals surface area contributed by atoms with Gasteiger partial charge in [0.05, 0.1) is 0 Å². The lowest BCUT2D eigenvalue weighted by Crippen LogP contribution is -2.63. The van der Waals surface area contributed by atoms with Gasteiger partial charge in [0.15, 0.2) is 0 Å². The molecule has 2 N–H and O–H groups in total. The van der Waals surface area contributed by atoms with Gasteiger partial charge in [-0.05, 0) is 49.7 Å². The average Bonchev–Trinajstić information content (AvgIpc) is 3.34. The highest BCUT2D eigenvalue weighted by Gasteiger charge is 2.44. The molecule has 3 saturated heterocycles. The molecule has 2 bridgehead atoms. The summed E-state index contributed by atoms with van der Waals surface area (Å²) >= 11 is 0. The first-order chi connectivity index (χ1) is 20.4. The van der Waals surface area contributed by atoms with E-state index in [4.69, 9.17) is 4.42 Å². The molecule has 5 atom stereocenters. The number of carbonyl (C=O) groups is 3. The number of aryl methyl sites for hydroxylation is 1. The highest BCUT2D eigenvalue weighted by atomic mass is 16.3. The Balaban J connectivity index is 1.26. The summed E-state index contributed by atoms with van der Waals surface area (Å²) in [4.78, 5) is 44.7. The molecule has 0 aliphatic carbocycles. The molecule has 3 aliphatic heterocycles. The summed E-state index contributed by atoms with van der Waals surface area (Å²) < 4.78 is 6.20. The Labute approximate surface area is 247 Å². The van der Waals surface area contributed by atoms with Crippen molar-refractivity contribution < 1.29 is 18.8 Å². The van der Waals surface area contributed by atoms with E-state index in [-0.39, 0.29) is 23.8 Å². The van der Waals surface area contributed by atoms with Crippen LogP contribution in [0.4, 0.5) is 0 Å². The molecule has 3 fully saturated rings. The van der Waals surface area contributed by atoms with E-state index in [0.717, 1.165) is 55.8 Å². The molecule has 0 spiro atoms. The van der Waals surface area contributed by atoms with E-state index in [1.54, 1.807) is 6.92 Å². The molecular formula is C34H42N4O4. The molecule has 0 unspecified atom stereocenters. The summed E-state index contributed by atoms with van der Waals surface area (Å²) in [6.45, 7) is 7.14. The summed E-state index contributed by atoms with van der Waals surface area (Å²) in [7, 11) is 0. The van der Waals surface area contributed by atoms with E-state index >= 15 is 0 Å². The van der Waals surface area contributed by atoms with E-state index < -0.39 is 12.1 Å². The first-order valence-electron chi connectivity index (χ1n) is 15.5. The molecule has 1 aromatic heterocycles. The van der Waals surface area contributed by atoms with Gasteiger partial charge in [-0.3, -0.25) is 19.3 Å². The maximum atomic E-state index is 14.3. The number of hydrogen-bond donors (Lipinski definition) is 2. The molecule has 6 rings (SSSR count). The lowest BCUT2D eigenvalue weighted by molar-refractivity contribution is -0.146. The van der Waals surface area contributed by atoms with E-state index in [0.29, 0.717) is 37.6 Å². The lowest BCUT2D eigenvalue weighted by atomic mass is 9.77. The van der Waals surface area contributed by atoms with Gasteiger partial charge in [0, 0.05) is 62.4 Å². The van der Waals surface area contributed by atoms with Gasteiger partial charge in [-0.15, -0.1) is 0 Å². The van der Waals surface area contributed by atoms with Crippen LogP contribution < -0.4 is 10.6 Å². The van der Waals surface area contributed by atoms with Gasteiger partial charge in [0.1, 0.15) is 23.4 Å². The molecule has 3 amide bonds. The minimum Gasteiger partial charge on any atom is -0.461 e. The summed E-state index contributed by atoms with van der Waals surface area (Å²) in [5, 5.41) is 7.02. The zero-order chi connectivity index (χ0) is 29.2. The Morgan fingerprint density at radius 1 is 0.952 bits per heavy atom. The van der Waals surface area contributed by atoms with Crippen LogP contribution in [0.1, 0.15) is 56.4 Å². The number of likely N-dealkylation sites (tertiary alicyclic amines) is 1. The Hall–Kier alpha value is -3.65. The number of amides is 3. The summed E-state index contributed by atoms with van der Waals surface area (Å²) in [6.07, 6.45) is 4.17. The molecule has 222 valence electrons. The van der Waals surface area contributed by atoms with Crippen molar-refractivity contribution in [2.75, 3.05) is 19.6 Å². The van der Waals surface area contributed by atoms with Crippen LogP contribution in [0.5, 0.6) is 0 Å². The SMILES string of the molecule is CCc1oc2ccccc2c1CN1C[C@@H]2C[C@H](C1)[C@@H]1CCCC(=O)N[C@H](C)C(=O)N[C@@H](Cc3ccccc3)C(=O)N1C2. The van der Waals surface area contributed by atoms with Gasteiger partial charge in [-0.1, -0.05) is 55.5 Å². The second-order valence-electron chi connectivity index (χ2n) is 12.4. The molecule has 0 saturated carbocycles. The first kappa shape index (κ1) is 28.5. The minimum absolute atomic E-state index is 0.00597. The van der Waals surface area contributed by atoms with Crippen LogP contribution in [0.3, 0.4) is 0 Å². The van der Waals surface area contributed by atoms with Gasteiger partial charge in [0.25, 0.3) is 0 Å². The fourth-order valence-corrected chi connectivity index (χ4v) is 7.43. The van der Waals surface area contributed by atoms with Crippen molar-refractivity contribution in [3.05, 3.63) is 71.5 Å². The second kappa shape index (κ2) is 12.3. The maximum Gasteiger partial charge on any atom is 0.245 e. The van der Waals surface area contributed by atoms with Crippen LogP contribution in [0.2, 0.25) is 0 Å². The van der Waals surface area contributed by atoms with E-state index in [2.05, 4.69) is 39.5 Å². The van der Waals surface area contributed by atoms with E-state index in [9.17, 15) is 14.4 Å². The van der Waals surface area contributed by atoms with E-state index in [1.165, 1.54) is 10.9 Å². The van der Waals surface area contributed by atoms with Crippen LogP contribution in [0, 0.1) is 11.8 Å². The second-order valence-corrected chi connectivity index (χ2v) is 12.4. The number of benzene rings is 2. The number of furan rings is 1. The monoisotopic (exact) mass is 570 g/mol. The number of nitrogens with zero attached hydrogens (tertiary/aromatic N) is 2. The third kappa shape index (κ3) is 5.95. The zero-order valence-electron chi connectivity index (χ0n) is 24.7. The molecule has 2 aromatic carbocycles. The standard InChI is InChI=1S/C34H42N4O4/c1-3-30-27(26-12-7-8-14-31(26)42-30)21-37-18-24-16-25(20-37)29-13-9-15-32(39)35-22(2)33(40)36-28(34(41)38(29)19-24)17-23-10-5-4-6-11-23/h4-8,10-12,14,22,24-25,28-29H,3,9,13,15-21H2,1-2H3,(H,35,39)(H,36,40)/t22-,24+,25-,28+,29+/m1/s1. The maximum absolute atomic E-state index is 14.3. The first-order valence-corrected chi connectivity index (χ1v) is 15.5. The average molecular weight is 571 g/mol. The van der Waals surface area contributed by atoms with Crippen LogP contribution in [0.15, 0.2) is 59.0 Å². The smallest absolute Gasteiger partial charge is 0.245 e. The van der Waals surface area contributed by atoms with Crippen LogP contribution in [0.25, 0.3) is 11.0 Å². The van der Waals surface area contributed by atoms with Crippen LogP contribution in [-0.4, -0.2) is 65.3 Å². The Bertz CT molecular complexity index is 1440. The number of rotatable bonds is 5. The van der Waals surface area contributed by atoms with E-state index in [1.807, 2.05) is 42.5 Å². The van der Waals surface area contributed by atoms with Crippen molar-refractivity contribution in [2.24, 2.45) is 11.8 Å². The van der Waals surface area contributed by atoms with Gasteiger partial charge in [0.2, 0.25) is 17.7 Å². The fourth-order valence-electron chi connectivity index (χ4n) is 7.43. The normalized spacial score (nSPS) is 27.5. The Morgan fingerprint density at radius 2 is 1.74 bits per heavy atom. The van der Waals surface area contributed by atoms with Gasteiger partial charge in [-0.25, -0.2) is 0 Å². The molecular weight excluding hydrogens is 528 g/mol. The highest BCUT2D eigenvalue weighted by molar-refractivity contribution is 5.92. The Kier molecular flexibility index (Phi) is 8.34. The third-order valence-corrected chi connectivity index (χ3v) is 9.38. The van der Waals surface area contributed by atoms with Crippen LogP contribution >= 0.6 is 0 Å². The number of hydrogen-bond acceptors (Lipinski definition) is 5. The molecule has 0 radical (unpaired) electrons. The number of fused-ring (bicyclic) bond motifs is 5. The molecule has 8 heteroatoms. The predicted molar refractivity (Wildman–Crippen MR) is 161 cm³/mol. The lowest BCUT2D eigenvalue weighted by Gasteiger charge is -2.51. The number of nitrogens with one attached hydrogen (secondary N) is 2. The summed E-state index contributed by atoms with van der Waals surface area (Å²) in [6, 6.07) is 16.8. The molecule has 3 aromatic rings. The number of carbonyl (C=O) groups excluding carboxylic acids is 3. The largest absolute Gasteiger partial charge is 0.461 e. The molecule has 42 heavy (non-hydrogen) atoms. The topological polar surface area (TPSA) is 94.9 Å². The quantitative estimate of drug-likeness (QED) is 0.483. The molecule has 8 nitrogen and oxygen atoms in total. The van der Waals surface area contributed by atoms with Crippen LogP contribution in [-0.2, 0) is 33.8 Å². The van der Waals surface area contributed by atoms with Gasteiger partial charge >= 0.3 is 0 Å².